The van der Waals surface area contributed by atoms with Crippen LogP contribution in [0, 0.1) is 12.7 Å². The summed E-state index contributed by atoms with van der Waals surface area (Å²) < 4.78 is 38.9. The summed E-state index contributed by atoms with van der Waals surface area (Å²) in [5, 5.41) is 4.91. The fraction of sp³-hybridized carbons (Fsp3) is 0.200. The van der Waals surface area contributed by atoms with Crippen molar-refractivity contribution in [1.29, 1.82) is 0 Å². The number of nitrogens with two attached hydrogens (primary N) is 1. The van der Waals surface area contributed by atoms with Crippen LogP contribution in [-0.2, 0) is 9.84 Å². The van der Waals surface area contributed by atoms with Crippen molar-refractivity contribution in [1.82, 2.24) is 9.97 Å². The quantitative estimate of drug-likeness (QED) is 0.497. The van der Waals surface area contributed by atoms with Gasteiger partial charge in [-0.15, -0.1) is 0 Å². The van der Waals surface area contributed by atoms with E-state index in [2.05, 4.69) is 20.6 Å². The van der Waals surface area contributed by atoms with E-state index in [1.54, 1.807) is 6.92 Å². The lowest BCUT2D eigenvalue weighted by molar-refractivity contribution is 0.101. The Morgan fingerprint density at radius 2 is 1.88 bits per heavy atom. The number of rotatable bonds is 6. The highest BCUT2D eigenvalue weighted by atomic mass is 32.2. The molecule has 0 bridgehead atoms. The molecule has 2 amide bonds. The third-order valence-corrected chi connectivity index (χ3v) is 7.90. The van der Waals surface area contributed by atoms with Gasteiger partial charge < -0.3 is 16.4 Å². The average Bonchev–Trinajstić information content (AvgIpc) is 3.52. The Morgan fingerprint density at radius 3 is 2.47 bits per heavy atom. The van der Waals surface area contributed by atoms with Gasteiger partial charge >= 0.3 is 0 Å². The number of nitrogens with one attached hydrogen (secondary N) is 2. The minimum absolute atomic E-state index is 0.0652. The maximum absolute atomic E-state index is 14.5. The Kier molecular flexibility index (Phi) is 5.65. The van der Waals surface area contributed by atoms with Crippen LogP contribution in [0.15, 0.2) is 41.6 Å². The number of carbonyl (C=O) groups excluding carboxylic acids is 2. The molecule has 3 aromatic rings. The highest BCUT2D eigenvalue weighted by Crippen LogP contribution is 2.33. The van der Waals surface area contributed by atoms with Crippen molar-refractivity contribution >= 4 is 49.6 Å². The van der Waals surface area contributed by atoms with E-state index in [4.69, 9.17) is 5.73 Å². The summed E-state index contributed by atoms with van der Waals surface area (Å²) in [6, 6.07) is 5.04. The summed E-state index contributed by atoms with van der Waals surface area (Å²) in [4.78, 5) is 33.1. The van der Waals surface area contributed by atoms with Crippen LogP contribution >= 0.6 is 11.3 Å². The number of hydrogen-bond donors (Lipinski definition) is 3. The van der Waals surface area contributed by atoms with Crippen LogP contribution in [0.25, 0.3) is 0 Å². The summed E-state index contributed by atoms with van der Waals surface area (Å²) >= 11 is 0.995. The first-order valence-electron chi connectivity index (χ1n) is 9.49. The van der Waals surface area contributed by atoms with Gasteiger partial charge in [-0.3, -0.25) is 9.59 Å². The average molecular weight is 476 g/mol. The molecular weight excluding hydrogens is 457 g/mol. The summed E-state index contributed by atoms with van der Waals surface area (Å²) in [6.07, 6.45) is 3.74. The smallest absolute Gasteiger partial charge is 0.267 e. The lowest BCUT2D eigenvalue weighted by Gasteiger charge is -2.12. The lowest BCUT2D eigenvalue weighted by atomic mass is 10.1. The van der Waals surface area contributed by atoms with Gasteiger partial charge in [0.15, 0.2) is 15.0 Å². The zero-order chi connectivity index (χ0) is 23.0. The van der Waals surface area contributed by atoms with Gasteiger partial charge in [-0.25, -0.2) is 22.8 Å². The normalized spacial score (nSPS) is 13.6. The minimum atomic E-state index is -3.40. The zero-order valence-electron chi connectivity index (χ0n) is 16.8. The Bertz CT molecular complexity index is 1320. The van der Waals surface area contributed by atoms with E-state index in [9.17, 15) is 22.4 Å². The molecule has 0 radical (unpaired) electrons. The SMILES string of the molecule is Cc1cc(F)c(C(=O)Nc2ccc(S(=O)(=O)C3CC3)cn2)cc1NC(=O)c1cnc(N)s1. The van der Waals surface area contributed by atoms with Gasteiger partial charge in [0.05, 0.1) is 21.9 Å². The van der Waals surface area contributed by atoms with Gasteiger partial charge in [0.25, 0.3) is 11.8 Å². The van der Waals surface area contributed by atoms with Crippen molar-refractivity contribution in [3.8, 4) is 0 Å². The molecular formula is C20H18FN5O4S2. The van der Waals surface area contributed by atoms with Crippen molar-refractivity contribution in [3.63, 3.8) is 0 Å². The minimum Gasteiger partial charge on any atom is -0.375 e. The molecule has 4 rings (SSSR count). The topological polar surface area (TPSA) is 144 Å². The molecule has 0 atom stereocenters. The van der Waals surface area contributed by atoms with Crippen LogP contribution in [0.5, 0.6) is 0 Å². The van der Waals surface area contributed by atoms with E-state index < -0.39 is 27.5 Å². The monoisotopic (exact) mass is 475 g/mol. The maximum Gasteiger partial charge on any atom is 0.267 e. The molecule has 4 N–H and O–H groups in total. The highest BCUT2D eigenvalue weighted by Gasteiger charge is 2.37. The molecule has 0 spiro atoms. The number of benzene rings is 1. The van der Waals surface area contributed by atoms with E-state index in [0.29, 0.717) is 18.4 Å². The zero-order valence-corrected chi connectivity index (χ0v) is 18.4. The number of carbonyl (C=O) groups is 2. The first-order valence-corrected chi connectivity index (χ1v) is 11.9. The van der Waals surface area contributed by atoms with Crippen LogP contribution in [0.4, 0.5) is 21.0 Å². The summed E-state index contributed by atoms with van der Waals surface area (Å²) in [5.74, 6) is -2.01. The van der Waals surface area contributed by atoms with Crippen molar-refractivity contribution in [2.24, 2.45) is 0 Å². The number of aromatic nitrogens is 2. The van der Waals surface area contributed by atoms with Gasteiger partial charge in [-0.1, -0.05) is 11.3 Å². The van der Waals surface area contributed by atoms with E-state index in [0.717, 1.165) is 17.4 Å². The molecule has 12 heteroatoms. The number of nitrogens with zero attached hydrogens (tertiary/aromatic N) is 2. The van der Waals surface area contributed by atoms with Gasteiger partial charge in [-0.2, -0.15) is 0 Å². The highest BCUT2D eigenvalue weighted by molar-refractivity contribution is 7.92. The molecule has 166 valence electrons. The molecule has 2 aromatic heterocycles. The van der Waals surface area contributed by atoms with Crippen molar-refractivity contribution in [3.05, 3.63) is 58.5 Å². The molecule has 1 saturated carbocycles. The maximum atomic E-state index is 14.5. The van der Waals surface area contributed by atoms with E-state index in [-0.39, 0.29) is 37.2 Å². The number of anilines is 3. The van der Waals surface area contributed by atoms with Crippen molar-refractivity contribution < 1.29 is 22.4 Å². The molecule has 0 aliphatic heterocycles. The second-order valence-corrected chi connectivity index (χ2v) is 10.5. The molecule has 1 aromatic carbocycles. The first kappa shape index (κ1) is 21.8. The van der Waals surface area contributed by atoms with Crippen molar-refractivity contribution in [2.45, 2.75) is 29.9 Å². The Labute approximate surface area is 186 Å². The fourth-order valence-corrected chi connectivity index (χ4v) is 5.11. The van der Waals surface area contributed by atoms with E-state index in [1.165, 1.54) is 30.6 Å². The molecule has 1 fully saturated rings. The van der Waals surface area contributed by atoms with E-state index in [1.807, 2.05) is 0 Å². The van der Waals surface area contributed by atoms with Crippen molar-refractivity contribution in [2.75, 3.05) is 16.4 Å². The predicted molar refractivity (Wildman–Crippen MR) is 118 cm³/mol. The van der Waals surface area contributed by atoms with Crippen LogP contribution in [0.2, 0.25) is 0 Å². The van der Waals surface area contributed by atoms with Crippen LogP contribution < -0.4 is 16.4 Å². The van der Waals surface area contributed by atoms with Crippen LogP contribution in [0.1, 0.15) is 38.4 Å². The number of aryl methyl sites for hydroxylation is 1. The fourth-order valence-electron chi connectivity index (χ4n) is 2.93. The number of amides is 2. The molecule has 1 aliphatic rings. The molecule has 0 saturated heterocycles. The number of halogens is 1. The largest absolute Gasteiger partial charge is 0.375 e. The van der Waals surface area contributed by atoms with Crippen LogP contribution in [0.3, 0.4) is 0 Å². The Balaban J connectivity index is 1.52. The van der Waals surface area contributed by atoms with Gasteiger partial charge in [0.1, 0.15) is 16.5 Å². The molecule has 9 nitrogen and oxygen atoms in total. The summed E-state index contributed by atoms with van der Waals surface area (Å²) in [5.41, 5.74) is 5.88. The second kappa shape index (κ2) is 8.28. The predicted octanol–water partition coefficient (Wildman–Crippen LogP) is 3.01. The van der Waals surface area contributed by atoms with E-state index >= 15 is 0 Å². The number of pyridine rings is 1. The number of sulfone groups is 1. The van der Waals surface area contributed by atoms with Gasteiger partial charge in [0, 0.05) is 11.9 Å². The lowest BCUT2D eigenvalue weighted by Crippen LogP contribution is -2.17. The third-order valence-electron chi connectivity index (χ3n) is 4.82. The molecule has 2 heterocycles. The second-order valence-electron chi connectivity index (χ2n) is 7.24. The summed E-state index contributed by atoms with van der Waals surface area (Å²) in [6.45, 7) is 1.59. The standard InChI is InChI=1S/C20H18FN5O4S2/c1-10-6-14(21)13(7-15(10)25-19(28)16-9-24-20(22)31-16)18(27)26-17-5-4-12(8-23-17)32(29,30)11-2-3-11/h4-9,11H,2-3H2,1H3,(H2,22,24)(H,25,28)(H,23,26,27). The number of thiazole rings is 1. The molecule has 32 heavy (non-hydrogen) atoms. The van der Waals surface area contributed by atoms with Gasteiger partial charge in [-0.05, 0) is 49.6 Å². The first-order chi connectivity index (χ1) is 15.1. The number of nitrogen functional groups attached to an aromatic ring is 1. The van der Waals surface area contributed by atoms with Crippen LogP contribution in [-0.4, -0.2) is 35.5 Å². The Hall–Kier alpha value is -3.38. The molecule has 0 unspecified atom stereocenters. The molecule has 1 aliphatic carbocycles. The number of hydrogen-bond acceptors (Lipinski definition) is 8. The Morgan fingerprint density at radius 1 is 1.12 bits per heavy atom. The van der Waals surface area contributed by atoms with Gasteiger partial charge in [0.2, 0.25) is 0 Å². The third kappa shape index (κ3) is 4.46. The summed E-state index contributed by atoms with van der Waals surface area (Å²) in [7, 11) is -3.40.